The molecule has 2 heteroatoms. The van der Waals surface area contributed by atoms with Crippen LogP contribution >= 0.6 is 0 Å². The molecule has 2 rings (SSSR count). The predicted octanol–water partition coefficient (Wildman–Crippen LogP) is 3.42. The van der Waals surface area contributed by atoms with Crippen molar-refractivity contribution in [3.8, 4) is 0 Å². The van der Waals surface area contributed by atoms with E-state index in [0.29, 0.717) is 16.9 Å². The van der Waals surface area contributed by atoms with Crippen molar-refractivity contribution in [1.82, 2.24) is 0 Å². The number of aryl methyl sites for hydroxylation is 1. The monoisotopic (exact) mass is 218 g/mol. The maximum Gasteiger partial charge on any atom is 0.0375 e. The van der Waals surface area contributed by atoms with Gasteiger partial charge in [-0.15, -0.1) is 0 Å². The summed E-state index contributed by atoms with van der Waals surface area (Å²) >= 11 is 0. The highest BCUT2D eigenvalue weighted by molar-refractivity contribution is 5.58. The molecular formula is C14H22N2. The quantitative estimate of drug-likeness (QED) is 0.746. The topological polar surface area (TPSA) is 38.0 Å². The summed E-state index contributed by atoms with van der Waals surface area (Å²) < 4.78 is 0. The molecular weight excluding hydrogens is 196 g/mol. The Labute approximate surface area is 98.2 Å². The van der Waals surface area contributed by atoms with Crippen molar-refractivity contribution in [1.29, 1.82) is 0 Å². The third-order valence-electron chi connectivity index (χ3n) is 4.43. The Kier molecular flexibility index (Phi) is 2.23. The molecule has 0 aliphatic heterocycles. The molecule has 1 aliphatic rings. The fourth-order valence-electron chi connectivity index (χ4n) is 2.62. The number of nitrogen functional groups attached to an aromatic ring is 1. The first-order valence-corrected chi connectivity index (χ1v) is 5.89. The van der Waals surface area contributed by atoms with Gasteiger partial charge in [0.25, 0.3) is 0 Å². The molecule has 1 aromatic rings. The smallest absolute Gasteiger partial charge is 0.0375 e. The second-order valence-corrected chi connectivity index (χ2v) is 6.15. The number of hydrogen-bond acceptors (Lipinski definition) is 2. The van der Waals surface area contributed by atoms with E-state index in [4.69, 9.17) is 5.73 Å². The molecule has 1 aliphatic carbocycles. The highest BCUT2D eigenvalue weighted by Gasteiger charge is 2.64. The third-order valence-corrected chi connectivity index (χ3v) is 4.43. The molecule has 1 saturated carbocycles. The summed E-state index contributed by atoms with van der Waals surface area (Å²) in [5.74, 6) is 0. The molecule has 1 fully saturated rings. The van der Waals surface area contributed by atoms with Crippen LogP contribution in [0, 0.1) is 17.8 Å². The van der Waals surface area contributed by atoms with Gasteiger partial charge in [-0.05, 0) is 41.5 Å². The molecule has 2 nitrogen and oxygen atoms in total. The minimum atomic E-state index is 0.353. The first-order chi connectivity index (χ1) is 7.25. The van der Waals surface area contributed by atoms with Gasteiger partial charge in [-0.2, -0.15) is 0 Å². The average molecular weight is 218 g/mol. The van der Waals surface area contributed by atoms with Gasteiger partial charge in [-0.1, -0.05) is 27.7 Å². The molecule has 16 heavy (non-hydrogen) atoms. The van der Waals surface area contributed by atoms with Crippen molar-refractivity contribution in [3.63, 3.8) is 0 Å². The summed E-state index contributed by atoms with van der Waals surface area (Å²) in [5, 5.41) is 3.60. The molecule has 88 valence electrons. The number of hydrogen-bond donors (Lipinski definition) is 2. The van der Waals surface area contributed by atoms with Crippen molar-refractivity contribution in [2.24, 2.45) is 10.8 Å². The van der Waals surface area contributed by atoms with Crippen LogP contribution in [0.15, 0.2) is 18.2 Å². The van der Waals surface area contributed by atoms with Crippen molar-refractivity contribution in [2.45, 2.75) is 40.7 Å². The van der Waals surface area contributed by atoms with Crippen molar-refractivity contribution < 1.29 is 0 Å². The lowest BCUT2D eigenvalue weighted by molar-refractivity contribution is 0.457. The Morgan fingerprint density at radius 2 is 1.62 bits per heavy atom. The summed E-state index contributed by atoms with van der Waals surface area (Å²) in [4.78, 5) is 0. The fourth-order valence-corrected chi connectivity index (χ4v) is 2.62. The molecule has 0 amide bonds. The zero-order valence-corrected chi connectivity index (χ0v) is 10.9. The van der Waals surface area contributed by atoms with Gasteiger partial charge in [-0.3, -0.25) is 0 Å². The van der Waals surface area contributed by atoms with E-state index in [1.165, 1.54) is 5.56 Å². The maximum absolute atomic E-state index is 5.85. The highest BCUT2D eigenvalue weighted by atomic mass is 15.0. The van der Waals surface area contributed by atoms with Gasteiger partial charge in [0.15, 0.2) is 0 Å². The summed E-state index contributed by atoms with van der Waals surface area (Å²) in [6.07, 6.45) is 0. The molecule has 0 saturated heterocycles. The summed E-state index contributed by atoms with van der Waals surface area (Å²) in [6.45, 7) is 11.3. The van der Waals surface area contributed by atoms with Gasteiger partial charge in [0.2, 0.25) is 0 Å². The Morgan fingerprint density at radius 3 is 2.06 bits per heavy atom. The number of anilines is 2. The van der Waals surface area contributed by atoms with Crippen LogP contribution in [0.1, 0.15) is 33.3 Å². The van der Waals surface area contributed by atoms with Crippen molar-refractivity contribution >= 4 is 11.4 Å². The van der Waals surface area contributed by atoms with Crippen LogP contribution in [-0.4, -0.2) is 6.04 Å². The molecule has 0 atom stereocenters. The Balaban J connectivity index is 2.18. The van der Waals surface area contributed by atoms with Gasteiger partial charge >= 0.3 is 0 Å². The average Bonchev–Trinajstić information content (AvgIpc) is 2.46. The largest absolute Gasteiger partial charge is 0.399 e. The van der Waals surface area contributed by atoms with E-state index in [0.717, 1.165) is 11.4 Å². The number of nitrogens with one attached hydrogen (secondary N) is 1. The van der Waals surface area contributed by atoms with E-state index >= 15 is 0 Å². The molecule has 0 radical (unpaired) electrons. The Hall–Kier alpha value is -1.18. The fraction of sp³-hybridized carbons (Fsp3) is 0.571. The van der Waals surface area contributed by atoms with E-state index in [1.807, 2.05) is 12.1 Å². The zero-order valence-electron chi connectivity index (χ0n) is 10.9. The second-order valence-electron chi connectivity index (χ2n) is 6.15. The summed E-state index contributed by atoms with van der Waals surface area (Å²) in [7, 11) is 0. The summed E-state index contributed by atoms with van der Waals surface area (Å²) in [5.41, 5.74) is 9.74. The molecule has 0 spiro atoms. The Morgan fingerprint density at radius 1 is 1.06 bits per heavy atom. The third kappa shape index (κ3) is 1.57. The van der Waals surface area contributed by atoms with Crippen LogP contribution in [0.3, 0.4) is 0 Å². The predicted molar refractivity (Wildman–Crippen MR) is 70.6 cm³/mol. The number of benzene rings is 1. The van der Waals surface area contributed by atoms with Gasteiger partial charge < -0.3 is 11.1 Å². The zero-order chi connectivity index (χ0) is 12.1. The lowest BCUT2D eigenvalue weighted by atomic mass is 10.0. The minimum absolute atomic E-state index is 0.353. The van der Waals surface area contributed by atoms with Crippen LogP contribution in [-0.2, 0) is 0 Å². The normalized spacial score (nSPS) is 21.8. The first kappa shape index (κ1) is 11.3. The van der Waals surface area contributed by atoms with Crippen molar-refractivity contribution in [3.05, 3.63) is 23.8 Å². The molecule has 3 N–H and O–H groups in total. The lowest BCUT2D eigenvalue weighted by Gasteiger charge is -2.10. The molecule has 0 bridgehead atoms. The maximum atomic E-state index is 5.85. The minimum Gasteiger partial charge on any atom is -0.399 e. The van der Waals surface area contributed by atoms with E-state index < -0.39 is 0 Å². The van der Waals surface area contributed by atoms with Gasteiger partial charge in [0, 0.05) is 17.4 Å². The van der Waals surface area contributed by atoms with Crippen LogP contribution in [0.2, 0.25) is 0 Å². The van der Waals surface area contributed by atoms with E-state index in [1.54, 1.807) is 0 Å². The number of rotatable bonds is 2. The molecule has 0 unspecified atom stereocenters. The molecule has 1 aromatic carbocycles. The standard InChI is InChI=1S/C14H22N2/c1-9-6-10(15)8-11(7-9)16-12-13(2,3)14(12,4)5/h6-8,12,16H,15H2,1-5H3. The van der Waals surface area contributed by atoms with Crippen LogP contribution in [0.25, 0.3) is 0 Å². The molecule has 0 aromatic heterocycles. The van der Waals surface area contributed by atoms with Crippen molar-refractivity contribution in [2.75, 3.05) is 11.1 Å². The lowest BCUT2D eigenvalue weighted by Crippen LogP contribution is -2.10. The van der Waals surface area contributed by atoms with Crippen LogP contribution < -0.4 is 11.1 Å². The van der Waals surface area contributed by atoms with Gasteiger partial charge in [-0.25, -0.2) is 0 Å². The summed E-state index contributed by atoms with van der Waals surface area (Å²) in [6, 6.07) is 6.69. The first-order valence-electron chi connectivity index (χ1n) is 5.89. The van der Waals surface area contributed by atoms with E-state index in [2.05, 4.69) is 46.0 Å². The van der Waals surface area contributed by atoms with E-state index in [-0.39, 0.29) is 0 Å². The SMILES string of the molecule is Cc1cc(N)cc(NC2C(C)(C)C2(C)C)c1. The second kappa shape index (κ2) is 3.16. The van der Waals surface area contributed by atoms with E-state index in [9.17, 15) is 0 Å². The highest BCUT2D eigenvalue weighted by Crippen LogP contribution is 2.63. The number of nitrogens with two attached hydrogens (primary N) is 1. The van der Waals surface area contributed by atoms with Gasteiger partial charge in [0.05, 0.1) is 0 Å². The van der Waals surface area contributed by atoms with Crippen LogP contribution in [0.4, 0.5) is 11.4 Å². The Bertz CT molecular complexity index is 384. The molecule has 0 heterocycles. The van der Waals surface area contributed by atoms with Crippen LogP contribution in [0.5, 0.6) is 0 Å². The van der Waals surface area contributed by atoms with Gasteiger partial charge in [0.1, 0.15) is 0 Å².